The molecule has 0 bridgehead atoms. The van der Waals surface area contributed by atoms with Crippen LogP contribution in [0.1, 0.15) is 16.7 Å². The smallest absolute Gasteiger partial charge is 0.329 e. The van der Waals surface area contributed by atoms with Crippen molar-refractivity contribution >= 4 is 18.0 Å². The van der Waals surface area contributed by atoms with Crippen molar-refractivity contribution in [2.24, 2.45) is 5.10 Å². The van der Waals surface area contributed by atoms with Crippen LogP contribution in [0.3, 0.4) is 0 Å². The maximum Gasteiger partial charge on any atom is 0.329 e. The van der Waals surface area contributed by atoms with Crippen LogP contribution in [-0.4, -0.2) is 31.9 Å². The number of rotatable bonds is 8. The molecule has 3 aromatic rings. The van der Waals surface area contributed by atoms with Crippen molar-refractivity contribution < 1.29 is 32.9 Å². The van der Waals surface area contributed by atoms with Crippen LogP contribution in [-0.2, 0) is 22.7 Å². The summed E-state index contributed by atoms with van der Waals surface area (Å²) in [6.45, 7) is 0.536. The molecule has 0 radical (unpaired) electrons. The predicted molar refractivity (Wildman–Crippen MR) is 124 cm³/mol. The Hall–Kier alpha value is -4.60. The second-order valence-corrected chi connectivity index (χ2v) is 7.39. The van der Waals surface area contributed by atoms with Gasteiger partial charge in [-0.1, -0.05) is 18.2 Å². The number of hydrogen-bond donors (Lipinski definition) is 2. The first-order valence-electron chi connectivity index (χ1n) is 10.6. The van der Waals surface area contributed by atoms with Gasteiger partial charge < -0.3 is 24.3 Å². The molecule has 1 aliphatic rings. The summed E-state index contributed by atoms with van der Waals surface area (Å²) in [6.07, 6.45) is 1.37. The van der Waals surface area contributed by atoms with Crippen molar-refractivity contribution in [3.05, 3.63) is 83.2 Å². The molecule has 180 valence electrons. The molecule has 9 nitrogen and oxygen atoms in total. The Balaban J connectivity index is 1.27. The van der Waals surface area contributed by atoms with E-state index in [0.717, 1.165) is 11.1 Å². The molecule has 35 heavy (non-hydrogen) atoms. The van der Waals surface area contributed by atoms with Crippen LogP contribution < -0.4 is 29.7 Å². The van der Waals surface area contributed by atoms with Crippen LogP contribution in [0, 0.1) is 5.82 Å². The van der Waals surface area contributed by atoms with Gasteiger partial charge in [0.2, 0.25) is 6.79 Å². The highest BCUT2D eigenvalue weighted by molar-refractivity contribution is 6.35. The zero-order valence-electron chi connectivity index (χ0n) is 18.7. The quantitative estimate of drug-likeness (QED) is 0.292. The Morgan fingerprint density at radius 3 is 2.54 bits per heavy atom. The van der Waals surface area contributed by atoms with Gasteiger partial charge in [0.15, 0.2) is 23.0 Å². The monoisotopic (exact) mass is 479 g/mol. The van der Waals surface area contributed by atoms with Crippen molar-refractivity contribution in [1.82, 2.24) is 10.7 Å². The number of carbonyl (C=O) groups excluding carboxylic acids is 2. The van der Waals surface area contributed by atoms with E-state index in [1.165, 1.54) is 25.5 Å². The third-order valence-electron chi connectivity index (χ3n) is 4.97. The fraction of sp³-hybridized carbons (Fsp3) is 0.160. The third-order valence-corrected chi connectivity index (χ3v) is 4.97. The van der Waals surface area contributed by atoms with Crippen LogP contribution in [0.2, 0.25) is 0 Å². The van der Waals surface area contributed by atoms with Gasteiger partial charge in [0.05, 0.1) is 13.3 Å². The average Bonchev–Trinajstić information content (AvgIpc) is 3.35. The zero-order valence-corrected chi connectivity index (χ0v) is 18.7. The van der Waals surface area contributed by atoms with Gasteiger partial charge in [0.1, 0.15) is 12.4 Å². The Kier molecular flexibility index (Phi) is 7.41. The standard InChI is InChI=1S/C25H22FN3O6/c1-32-22-10-18(5-8-20(22)33-14-16-2-6-19(26)7-3-16)13-28-29-25(31)24(30)27-12-17-4-9-21-23(11-17)35-15-34-21/h2-11,13H,12,14-15H2,1H3,(H,27,30)(H,29,31)/b28-13-. The number of amides is 2. The van der Waals surface area contributed by atoms with Crippen molar-refractivity contribution in [3.63, 3.8) is 0 Å². The van der Waals surface area contributed by atoms with Gasteiger partial charge in [0.25, 0.3) is 0 Å². The number of methoxy groups -OCH3 is 1. The summed E-state index contributed by atoms with van der Waals surface area (Å²) in [5, 5.41) is 6.33. The number of nitrogens with one attached hydrogen (secondary N) is 2. The molecule has 10 heteroatoms. The van der Waals surface area contributed by atoms with E-state index in [4.69, 9.17) is 18.9 Å². The highest BCUT2D eigenvalue weighted by atomic mass is 19.1. The van der Waals surface area contributed by atoms with Gasteiger partial charge in [-0.15, -0.1) is 0 Å². The fourth-order valence-corrected chi connectivity index (χ4v) is 3.16. The summed E-state index contributed by atoms with van der Waals surface area (Å²) in [5.41, 5.74) is 4.35. The second-order valence-electron chi connectivity index (χ2n) is 7.39. The number of hydrazone groups is 1. The molecule has 0 saturated heterocycles. The Morgan fingerprint density at radius 2 is 1.74 bits per heavy atom. The largest absolute Gasteiger partial charge is 0.493 e. The Morgan fingerprint density at radius 1 is 0.971 bits per heavy atom. The molecule has 1 heterocycles. The van der Waals surface area contributed by atoms with E-state index < -0.39 is 11.8 Å². The van der Waals surface area contributed by atoms with Crippen molar-refractivity contribution in [2.45, 2.75) is 13.2 Å². The molecule has 2 N–H and O–H groups in total. The molecule has 0 atom stereocenters. The molecular weight excluding hydrogens is 457 g/mol. The minimum absolute atomic E-state index is 0.142. The Labute approximate surface area is 200 Å². The number of nitrogens with zero attached hydrogens (tertiary/aromatic N) is 1. The van der Waals surface area contributed by atoms with Crippen molar-refractivity contribution in [1.29, 1.82) is 0 Å². The molecule has 0 unspecified atom stereocenters. The predicted octanol–water partition coefficient (Wildman–Crippen LogP) is 2.91. The first kappa shape index (κ1) is 23.6. The number of halogens is 1. The van der Waals surface area contributed by atoms with Gasteiger partial charge in [0, 0.05) is 6.54 Å². The van der Waals surface area contributed by atoms with E-state index in [1.807, 2.05) is 0 Å². The van der Waals surface area contributed by atoms with E-state index in [1.54, 1.807) is 48.5 Å². The highest BCUT2D eigenvalue weighted by Gasteiger charge is 2.15. The summed E-state index contributed by atoms with van der Waals surface area (Å²) in [4.78, 5) is 24.0. The zero-order chi connectivity index (χ0) is 24.6. The summed E-state index contributed by atoms with van der Waals surface area (Å²) >= 11 is 0. The molecule has 2 amide bonds. The molecule has 0 aromatic heterocycles. The maximum absolute atomic E-state index is 13.0. The maximum atomic E-state index is 13.0. The van der Waals surface area contributed by atoms with Crippen molar-refractivity contribution in [2.75, 3.05) is 13.9 Å². The van der Waals surface area contributed by atoms with Crippen LogP contribution in [0.4, 0.5) is 4.39 Å². The topological polar surface area (TPSA) is 107 Å². The number of fused-ring (bicyclic) bond motifs is 1. The molecule has 1 aliphatic heterocycles. The highest BCUT2D eigenvalue weighted by Crippen LogP contribution is 2.32. The lowest BCUT2D eigenvalue weighted by Gasteiger charge is -2.11. The summed E-state index contributed by atoms with van der Waals surface area (Å²) in [5.74, 6) is 0.105. The Bertz CT molecular complexity index is 1250. The minimum Gasteiger partial charge on any atom is -0.493 e. The number of hydrogen-bond acceptors (Lipinski definition) is 7. The number of benzene rings is 3. The molecule has 0 spiro atoms. The van der Waals surface area contributed by atoms with Gasteiger partial charge in [-0.3, -0.25) is 9.59 Å². The first-order valence-corrected chi connectivity index (χ1v) is 10.6. The van der Waals surface area contributed by atoms with Gasteiger partial charge in [-0.2, -0.15) is 5.10 Å². The van der Waals surface area contributed by atoms with Gasteiger partial charge in [-0.05, 0) is 59.2 Å². The molecular formula is C25H22FN3O6. The lowest BCUT2D eigenvalue weighted by molar-refractivity contribution is -0.139. The van der Waals surface area contributed by atoms with Gasteiger partial charge in [-0.25, -0.2) is 9.82 Å². The lowest BCUT2D eigenvalue weighted by Crippen LogP contribution is -2.37. The summed E-state index contributed by atoms with van der Waals surface area (Å²) < 4.78 is 34.6. The van der Waals surface area contributed by atoms with E-state index in [9.17, 15) is 14.0 Å². The van der Waals surface area contributed by atoms with Crippen molar-refractivity contribution in [3.8, 4) is 23.0 Å². The SMILES string of the molecule is COc1cc(/C=N\NC(=O)C(=O)NCc2ccc3c(c2)OCO3)ccc1OCc1ccc(F)cc1. The number of carbonyl (C=O) groups is 2. The van der Waals surface area contributed by atoms with E-state index in [0.29, 0.717) is 28.6 Å². The molecule has 0 aliphatic carbocycles. The molecule has 0 saturated carbocycles. The average molecular weight is 479 g/mol. The molecule has 3 aromatic carbocycles. The van der Waals surface area contributed by atoms with Crippen LogP contribution in [0.5, 0.6) is 23.0 Å². The summed E-state index contributed by atoms with van der Waals surface area (Å²) in [7, 11) is 1.49. The van der Waals surface area contributed by atoms with Crippen LogP contribution >= 0.6 is 0 Å². The minimum atomic E-state index is -0.909. The number of ether oxygens (including phenoxy) is 4. The molecule has 4 rings (SSSR count). The van der Waals surface area contributed by atoms with E-state index in [-0.39, 0.29) is 25.8 Å². The normalized spacial score (nSPS) is 11.8. The fourth-order valence-electron chi connectivity index (χ4n) is 3.16. The second kappa shape index (κ2) is 11.0. The first-order chi connectivity index (χ1) is 17.0. The summed E-state index contributed by atoms with van der Waals surface area (Å²) in [6, 6.07) is 16.3. The van der Waals surface area contributed by atoms with Crippen LogP contribution in [0.15, 0.2) is 65.8 Å². The van der Waals surface area contributed by atoms with Crippen LogP contribution in [0.25, 0.3) is 0 Å². The molecule has 0 fully saturated rings. The van der Waals surface area contributed by atoms with E-state index in [2.05, 4.69) is 15.8 Å². The van der Waals surface area contributed by atoms with Gasteiger partial charge >= 0.3 is 11.8 Å². The van der Waals surface area contributed by atoms with E-state index >= 15 is 0 Å². The third kappa shape index (κ3) is 6.26. The lowest BCUT2D eigenvalue weighted by atomic mass is 10.2.